The van der Waals surface area contributed by atoms with Crippen molar-refractivity contribution in [1.29, 1.82) is 0 Å². The van der Waals surface area contributed by atoms with Gasteiger partial charge in [-0.3, -0.25) is 14.4 Å². The van der Waals surface area contributed by atoms with Gasteiger partial charge in [-0.1, -0.05) is 18.2 Å². The molecule has 0 unspecified atom stereocenters. The van der Waals surface area contributed by atoms with Gasteiger partial charge < -0.3 is 15.0 Å². The van der Waals surface area contributed by atoms with Gasteiger partial charge in [0.25, 0.3) is 11.5 Å². The number of aromatic nitrogens is 2. The van der Waals surface area contributed by atoms with Gasteiger partial charge in [-0.15, -0.1) is 0 Å². The molecule has 0 fully saturated rings. The molecule has 2 aromatic carbocycles. The molecular formula is C21H21N3O4. The average molecular weight is 379 g/mol. The molecule has 0 aliphatic heterocycles. The second-order valence-electron chi connectivity index (χ2n) is 6.32. The Hall–Kier alpha value is -3.48. The summed E-state index contributed by atoms with van der Waals surface area (Å²) in [7, 11) is 0. The molecule has 7 heteroatoms. The van der Waals surface area contributed by atoms with Crippen molar-refractivity contribution in [3.63, 3.8) is 0 Å². The summed E-state index contributed by atoms with van der Waals surface area (Å²) in [4.78, 5) is 42.4. The van der Waals surface area contributed by atoms with Crippen LogP contribution >= 0.6 is 0 Å². The quantitative estimate of drug-likeness (QED) is 0.641. The molecule has 28 heavy (non-hydrogen) atoms. The van der Waals surface area contributed by atoms with E-state index in [-0.39, 0.29) is 30.4 Å². The number of hydrogen-bond acceptors (Lipinski definition) is 5. The van der Waals surface area contributed by atoms with Gasteiger partial charge >= 0.3 is 5.97 Å². The van der Waals surface area contributed by atoms with Gasteiger partial charge in [0.15, 0.2) is 0 Å². The third-order valence-electron chi connectivity index (χ3n) is 4.17. The zero-order chi connectivity index (χ0) is 20.1. The first-order valence-corrected chi connectivity index (χ1v) is 9.02. The highest BCUT2D eigenvalue weighted by molar-refractivity contribution is 5.99. The fraction of sp³-hybridized carbons (Fsp3) is 0.238. The van der Waals surface area contributed by atoms with E-state index >= 15 is 0 Å². The van der Waals surface area contributed by atoms with Crippen molar-refractivity contribution < 1.29 is 14.3 Å². The Labute approximate surface area is 161 Å². The van der Waals surface area contributed by atoms with Crippen molar-refractivity contribution in [2.45, 2.75) is 20.3 Å². The lowest BCUT2D eigenvalue weighted by atomic mass is 10.0. The van der Waals surface area contributed by atoms with E-state index in [2.05, 4.69) is 15.3 Å². The summed E-state index contributed by atoms with van der Waals surface area (Å²) in [6.45, 7) is 4.06. The number of aryl methyl sites for hydroxylation is 1. The van der Waals surface area contributed by atoms with Crippen LogP contribution in [0.25, 0.3) is 22.2 Å². The number of H-pyrrole nitrogens is 1. The molecule has 3 rings (SSSR count). The standard InChI is InChI=1S/C21H21N3O4/c1-3-28-19(26)8-9-22-21(27)17-7-5-14-11-16(6-4-15(14)12-17)20-23-13(2)10-18(25)24-20/h4-7,10-12H,3,8-9H2,1-2H3,(H,22,27)(H,23,24,25). The lowest BCUT2D eigenvalue weighted by Crippen LogP contribution is -2.26. The van der Waals surface area contributed by atoms with Crippen LogP contribution in [0.5, 0.6) is 0 Å². The minimum absolute atomic E-state index is 0.137. The molecule has 0 saturated heterocycles. The molecule has 0 spiro atoms. The lowest BCUT2D eigenvalue weighted by molar-refractivity contribution is -0.142. The largest absolute Gasteiger partial charge is 0.466 e. The van der Waals surface area contributed by atoms with Crippen LogP contribution in [0.4, 0.5) is 0 Å². The Morgan fingerprint density at radius 2 is 1.86 bits per heavy atom. The van der Waals surface area contributed by atoms with Gasteiger partial charge in [-0.2, -0.15) is 0 Å². The Morgan fingerprint density at radius 3 is 2.61 bits per heavy atom. The smallest absolute Gasteiger partial charge is 0.307 e. The number of esters is 1. The van der Waals surface area contributed by atoms with Crippen LogP contribution in [0.1, 0.15) is 29.4 Å². The summed E-state index contributed by atoms with van der Waals surface area (Å²) in [5.41, 5.74) is 1.75. The number of aromatic amines is 1. The van der Waals surface area contributed by atoms with Gasteiger partial charge in [0.1, 0.15) is 5.82 Å². The molecule has 0 bridgehead atoms. The van der Waals surface area contributed by atoms with E-state index in [1.807, 2.05) is 24.3 Å². The highest BCUT2D eigenvalue weighted by atomic mass is 16.5. The van der Waals surface area contributed by atoms with Crippen LogP contribution in [0.2, 0.25) is 0 Å². The molecule has 1 aromatic heterocycles. The number of ether oxygens (including phenoxy) is 1. The summed E-state index contributed by atoms with van der Waals surface area (Å²) >= 11 is 0. The number of amides is 1. The second-order valence-corrected chi connectivity index (χ2v) is 6.32. The Balaban J connectivity index is 1.76. The predicted molar refractivity (Wildman–Crippen MR) is 106 cm³/mol. The van der Waals surface area contributed by atoms with Crippen LogP contribution in [-0.2, 0) is 9.53 Å². The van der Waals surface area contributed by atoms with Crippen molar-refractivity contribution in [3.8, 4) is 11.4 Å². The number of nitrogens with one attached hydrogen (secondary N) is 2. The van der Waals surface area contributed by atoms with E-state index in [0.29, 0.717) is 23.7 Å². The molecule has 0 radical (unpaired) electrons. The molecular weight excluding hydrogens is 358 g/mol. The first-order chi connectivity index (χ1) is 13.5. The summed E-state index contributed by atoms with van der Waals surface area (Å²) in [5, 5.41) is 4.52. The Bertz CT molecular complexity index is 1090. The van der Waals surface area contributed by atoms with Crippen molar-refractivity contribution in [2.75, 3.05) is 13.2 Å². The van der Waals surface area contributed by atoms with E-state index < -0.39 is 0 Å². The number of rotatable bonds is 6. The topological polar surface area (TPSA) is 101 Å². The second kappa shape index (κ2) is 8.47. The van der Waals surface area contributed by atoms with Gasteiger partial charge in [0.2, 0.25) is 0 Å². The number of hydrogen-bond donors (Lipinski definition) is 2. The first-order valence-electron chi connectivity index (χ1n) is 9.02. The molecule has 144 valence electrons. The molecule has 0 atom stereocenters. The number of carbonyl (C=O) groups is 2. The summed E-state index contributed by atoms with van der Waals surface area (Å²) in [5.74, 6) is -0.0794. The third kappa shape index (κ3) is 4.62. The van der Waals surface area contributed by atoms with Crippen molar-refractivity contribution in [1.82, 2.24) is 15.3 Å². The maximum Gasteiger partial charge on any atom is 0.307 e. The predicted octanol–water partition coefficient (Wildman–Crippen LogP) is 2.58. The highest BCUT2D eigenvalue weighted by Crippen LogP contribution is 2.22. The van der Waals surface area contributed by atoms with Gasteiger partial charge in [0, 0.05) is 29.4 Å². The van der Waals surface area contributed by atoms with Crippen molar-refractivity contribution >= 4 is 22.6 Å². The molecule has 0 aliphatic carbocycles. The minimum atomic E-state index is -0.336. The SMILES string of the molecule is CCOC(=O)CCNC(=O)c1ccc2cc(-c3nc(C)cc(=O)[nH]3)ccc2c1. The number of nitrogens with zero attached hydrogens (tertiary/aromatic N) is 1. The van der Waals surface area contributed by atoms with E-state index in [9.17, 15) is 14.4 Å². The lowest BCUT2D eigenvalue weighted by Gasteiger charge is -2.08. The van der Waals surface area contributed by atoms with E-state index in [0.717, 1.165) is 16.3 Å². The van der Waals surface area contributed by atoms with E-state index in [1.165, 1.54) is 6.07 Å². The molecule has 0 aliphatic rings. The van der Waals surface area contributed by atoms with Crippen LogP contribution in [-0.4, -0.2) is 35.0 Å². The van der Waals surface area contributed by atoms with Gasteiger partial charge in [-0.25, -0.2) is 4.98 Å². The molecule has 7 nitrogen and oxygen atoms in total. The number of benzene rings is 2. The van der Waals surface area contributed by atoms with Gasteiger partial charge in [0.05, 0.1) is 13.0 Å². The summed E-state index contributed by atoms with van der Waals surface area (Å²) in [6, 6.07) is 12.4. The zero-order valence-corrected chi connectivity index (χ0v) is 15.7. The third-order valence-corrected chi connectivity index (χ3v) is 4.17. The fourth-order valence-electron chi connectivity index (χ4n) is 2.86. The maximum atomic E-state index is 12.3. The summed E-state index contributed by atoms with van der Waals surface area (Å²) in [6.07, 6.45) is 0.137. The normalized spacial score (nSPS) is 10.6. The van der Waals surface area contributed by atoms with E-state index in [1.54, 1.807) is 26.0 Å². The van der Waals surface area contributed by atoms with Crippen LogP contribution < -0.4 is 10.9 Å². The molecule has 1 amide bonds. The number of carbonyl (C=O) groups excluding carboxylic acids is 2. The molecule has 2 N–H and O–H groups in total. The maximum absolute atomic E-state index is 12.3. The van der Waals surface area contributed by atoms with Crippen LogP contribution in [0.15, 0.2) is 47.3 Å². The van der Waals surface area contributed by atoms with Crippen LogP contribution in [0, 0.1) is 6.92 Å². The fourth-order valence-corrected chi connectivity index (χ4v) is 2.86. The number of fused-ring (bicyclic) bond motifs is 1. The van der Waals surface area contributed by atoms with Gasteiger partial charge in [-0.05, 0) is 42.8 Å². The monoisotopic (exact) mass is 379 g/mol. The van der Waals surface area contributed by atoms with E-state index in [4.69, 9.17) is 4.74 Å². The summed E-state index contributed by atoms with van der Waals surface area (Å²) < 4.78 is 4.83. The molecule has 1 heterocycles. The molecule has 0 saturated carbocycles. The highest BCUT2D eigenvalue weighted by Gasteiger charge is 2.09. The zero-order valence-electron chi connectivity index (χ0n) is 15.7. The molecule has 3 aromatic rings. The first kappa shape index (κ1) is 19.3. The Morgan fingerprint density at radius 1 is 1.11 bits per heavy atom. The van der Waals surface area contributed by atoms with Crippen molar-refractivity contribution in [3.05, 3.63) is 64.1 Å². The minimum Gasteiger partial charge on any atom is -0.466 e. The van der Waals surface area contributed by atoms with Crippen molar-refractivity contribution in [2.24, 2.45) is 0 Å². The average Bonchev–Trinajstić information content (AvgIpc) is 2.66. The Kier molecular flexibility index (Phi) is 5.84. The van der Waals surface area contributed by atoms with Crippen LogP contribution in [0.3, 0.4) is 0 Å².